The van der Waals surface area contributed by atoms with Gasteiger partial charge in [0.15, 0.2) is 0 Å². The van der Waals surface area contributed by atoms with Gasteiger partial charge in [0.1, 0.15) is 6.04 Å². The van der Waals surface area contributed by atoms with Gasteiger partial charge in [0.25, 0.3) is 0 Å². The van der Waals surface area contributed by atoms with Crippen molar-refractivity contribution in [3.8, 4) is 0 Å². The molecule has 0 bridgehead atoms. The second-order valence-electron chi connectivity index (χ2n) is 6.67. The fourth-order valence-corrected chi connectivity index (χ4v) is 4.37. The Balaban J connectivity index is 1.97. The van der Waals surface area contributed by atoms with Crippen molar-refractivity contribution >= 4 is 32.9 Å². The van der Waals surface area contributed by atoms with Crippen LogP contribution in [0.5, 0.6) is 0 Å². The monoisotopic (exact) mass is 395 g/mol. The average molecular weight is 395 g/mol. The zero-order valence-corrected chi connectivity index (χ0v) is 15.8. The zero-order valence-electron chi connectivity index (χ0n) is 15.0. The molecule has 1 atom stereocenters. The molecule has 0 unspecified atom stereocenters. The van der Waals surface area contributed by atoms with E-state index in [-0.39, 0.29) is 18.7 Å². The topological polar surface area (TPSA) is 120 Å². The molecule has 2 heterocycles. The van der Waals surface area contributed by atoms with Crippen LogP contribution in [0, 0.1) is 0 Å². The molecule has 0 aliphatic carbocycles. The number of aromatic carboxylic acids is 1. The van der Waals surface area contributed by atoms with Crippen LogP contribution >= 0.6 is 0 Å². The fourth-order valence-electron chi connectivity index (χ4n) is 3.55. The van der Waals surface area contributed by atoms with E-state index < -0.39 is 28.0 Å². The molecule has 0 radical (unpaired) electrons. The standard InChI is InChI=1S/C17H21N3O6S/c1-18-10-13(12-4-3-11(16(21)22)9-14(12)18)15(17(23)24)19-5-7-20(8-6-19)27(2,25)26/h3-4,9-10,15H,5-8H2,1-2H3,(H,21,22)(H,23,24)/t15-/m1/s1. The molecule has 1 aliphatic rings. The van der Waals surface area contributed by atoms with Crippen LogP contribution in [0.3, 0.4) is 0 Å². The number of hydrogen-bond donors (Lipinski definition) is 2. The largest absolute Gasteiger partial charge is 0.480 e. The third kappa shape index (κ3) is 3.68. The highest BCUT2D eigenvalue weighted by atomic mass is 32.2. The Morgan fingerprint density at radius 1 is 1.11 bits per heavy atom. The number of carboxylic acid groups (broad SMARTS) is 2. The predicted octanol–water partition coefficient (Wildman–Crippen LogP) is 0.579. The molecular formula is C17H21N3O6S. The van der Waals surface area contributed by atoms with Gasteiger partial charge < -0.3 is 14.8 Å². The maximum absolute atomic E-state index is 12.0. The second kappa shape index (κ2) is 6.95. The molecule has 1 aliphatic heterocycles. The first kappa shape index (κ1) is 19.3. The number of carbonyl (C=O) groups is 2. The maximum atomic E-state index is 12.0. The Morgan fingerprint density at radius 3 is 2.26 bits per heavy atom. The molecule has 0 spiro atoms. The predicted molar refractivity (Wildman–Crippen MR) is 98.2 cm³/mol. The summed E-state index contributed by atoms with van der Waals surface area (Å²) < 4.78 is 26.4. The Kier molecular flexibility index (Phi) is 4.98. The van der Waals surface area contributed by atoms with Crippen molar-refractivity contribution in [1.29, 1.82) is 0 Å². The van der Waals surface area contributed by atoms with E-state index in [0.29, 0.717) is 29.6 Å². The van der Waals surface area contributed by atoms with Crippen LogP contribution in [0.4, 0.5) is 0 Å². The van der Waals surface area contributed by atoms with Crippen molar-refractivity contribution in [2.45, 2.75) is 6.04 Å². The van der Waals surface area contributed by atoms with Gasteiger partial charge in [-0.25, -0.2) is 13.2 Å². The number of nitrogens with zero attached hydrogens (tertiary/aromatic N) is 3. The third-order valence-corrected chi connectivity index (χ3v) is 6.21. The van der Waals surface area contributed by atoms with E-state index in [1.54, 1.807) is 28.8 Å². The molecule has 1 aromatic carbocycles. The molecule has 0 amide bonds. The van der Waals surface area contributed by atoms with Crippen LogP contribution in [-0.2, 0) is 21.9 Å². The SMILES string of the molecule is Cn1cc([C@H](C(=O)O)N2CCN(S(C)(=O)=O)CC2)c2ccc(C(=O)O)cc21. The van der Waals surface area contributed by atoms with Crippen molar-refractivity contribution in [3.05, 3.63) is 35.5 Å². The number of hydrogen-bond acceptors (Lipinski definition) is 5. The second-order valence-corrected chi connectivity index (χ2v) is 8.65. The number of aromatic nitrogens is 1. The van der Waals surface area contributed by atoms with Gasteiger partial charge in [-0.05, 0) is 12.1 Å². The molecule has 1 fully saturated rings. The quantitative estimate of drug-likeness (QED) is 0.760. The Labute approximate surface area is 156 Å². The van der Waals surface area contributed by atoms with Crippen LogP contribution < -0.4 is 0 Å². The number of aryl methyl sites for hydroxylation is 1. The number of fused-ring (bicyclic) bond motifs is 1. The lowest BCUT2D eigenvalue weighted by molar-refractivity contribution is -0.144. The summed E-state index contributed by atoms with van der Waals surface area (Å²) in [5.41, 5.74) is 1.32. The summed E-state index contributed by atoms with van der Waals surface area (Å²) in [5, 5.41) is 19.7. The summed E-state index contributed by atoms with van der Waals surface area (Å²) in [5.74, 6) is -2.08. The smallest absolute Gasteiger partial charge is 0.335 e. The maximum Gasteiger partial charge on any atom is 0.335 e. The van der Waals surface area contributed by atoms with E-state index in [9.17, 15) is 23.1 Å². The van der Waals surface area contributed by atoms with Crippen molar-refractivity contribution < 1.29 is 28.2 Å². The number of sulfonamides is 1. The summed E-state index contributed by atoms with van der Waals surface area (Å²) in [4.78, 5) is 25.0. The first-order valence-corrected chi connectivity index (χ1v) is 10.2. The molecule has 9 nitrogen and oxygen atoms in total. The minimum Gasteiger partial charge on any atom is -0.480 e. The fraction of sp³-hybridized carbons (Fsp3) is 0.412. The molecule has 0 saturated carbocycles. The number of benzene rings is 1. The Hall–Kier alpha value is -2.43. The highest BCUT2D eigenvalue weighted by molar-refractivity contribution is 7.88. The molecule has 10 heteroatoms. The van der Waals surface area contributed by atoms with Gasteiger partial charge >= 0.3 is 11.9 Å². The number of piperazine rings is 1. The van der Waals surface area contributed by atoms with Gasteiger partial charge in [-0.2, -0.15) is 4.31 Å². The number of carboxylic acids is 2. The first-order chi connectivity index (χ1) is 12.6. The molecule has 3 rings (SSSR count). The molecule has 2 aromatic rings. The summed E-state index contributed by atoms with van der Waals surface area (Å²) in [6, 6.07) is 3.65. The molecule has 27 heavy (non-hydrogen) atoms. The normalized spacial score (nSPS) is 17.9. The van der Waals surface area contributed by atoms with E-state index in [4.69, 9.17) is 5.11 Å². The third-order valence-electron chi connectivity index (χ3n) is 4.90. The average Bonchev–Trinajstić information content (AvgIpc) is 2.90. The minimum absolute atomic E-state index is 0.129. The lowest BCUT2D eigenvalue weighted by atomic mass is 10.0. The lowest BCUT2D eigenvalue weighted by Crippen LogP contribution is -2.50. The molecule has 2 N–H and O–H groups in total. The molecule has 146 valence electrons. The first-order valence-electron chi connectivity index (χ1n) is 8.34. The summed E-state index contributed by atoms with van der Waals surface area (Å²) in [7, 11) is -1.57. The van der Waals surface area contributed by atoms with Crippen molar-refractivity contribution in [3.63, 3.8) is 0 Å². The van der Waals surface area contributed by atoms with E-state index in [0.717, 1.165) is 6.26 Å². The number of rotatable bonds is 5. The summed E-state index contributed by atoms with van der Waals surface area (Å²) >= 11 is 0. The summed E-state index contributed by atoms with van der Waals surface area (Å²) in [6.07, 6.45) is 2.83. The Morgan fingerprint density at radius 2 is 1.74 bits per heavy atom. The lowest BCUT2D eigenvalue weighted by Gasteiger charge is -2.36. The van der Waals surface area contributed by atoms with Crippen molar-refractivity contribution in [2.75, 3.05) is 32.4 Å². The minimum atomic E-state index is -3.30. The van der Waals surface area contributed by atoms with Crippen molar-refractivity contribution in [1.82, 2.24) is 13.8 Å². The molecule has 1 saturated heterocycles. The van der Waals surface area contributed by atoms with Gasteiger partial charge in [-0.15, -0.1) is 0 Å². The van der Waals surface area contributed by atoms with E-state index in [1.165, 1.54) is 16.4 Å². The van der Waals surface area contributed by atoms with Gasteiger partial charge in [-0.1, -0.05) is 6.07 Å². The van der Waals surface area contributed by atoms with Gasteiger partial charge in [0, 0.05) is 55.9 Å². The van der Waals surface area contributed by atoms with Crippen LogP contribution in [0.25, 0.3) is 10.9 Å². The van der Waals surface area contributed by atoms with Gasteiger partial charge in [0.2, 0.25) is 10.0 Å². The van der Waals surface area contributed by atoms with Crippen LogP contribution in [0.1, 0.15) is 22.0 Å². The van der Waals surface area contributed by atoms with Crippen LogP contribution in [0.2, 0.25) is 0 Å². The van der Waals surface area contributed by atoms with Gasteiger partial charge in [-0.3, -0.25) is 9.69 Å². The van der Waals surface area contributed by atoms with E-state index >= 15 is 0 Å². The molecular weight excluding hydrogens is 374 g/mol. The van der Waals surface area contributed by atoms with Crippen LogP contribution in [0.15, 0.2) is 24.4 Å². The van der Waals surface area contributed by atoms with Crippen molar-refractivity contribution in [2.24, 2.45) is 7.05 Å². The molecule has 1 aromatic heterocycles. The highest BCUT2D eigenvalue weighted by Crippen LogP contribution is 2.31. The van der Waals surface area contributed by atoms with E-state index in [2.05, 4.69) is 0 Å². The number of aliphatic carboxylic acids is 1. The van der Waals surface area contributed by atoms with Crippen LogP contribution in [-0.4, -0.2) is 76.8 Å². The zero-order chi connectivity index (χ0) is 19.9. The van der Waals surface area contributed by atoms with Gasteiger partial charge in [0.05, 0.1) is 11.8 Å². The summed E-state index contributed by atoms with van der Waals surface area (Å²) in [6.45, 7) is 1.06. The Bertz CT molecular complexity index is 1010. The van der Waals surface area contributed by atoms with E-state index in [1.807, 2.05) is 0 Å². The highest BCUT2D eigenvalue weighted by Gasteiger charge is 2.34.